The average molecular weight is 212 g/mol. The van der Waals surface area contributed by atoms with Gasteiger partial charge in [0.25, 0.3) is 0 Å². The second-order valence-corrected chi connectivity index (χ2v) is 4.01. The monoisotopic (exact) mass is 212 g/mol. The molecule has 0 saturated heterocycles. The molecular formula is C8H8N2O3S. The SMILES string of the molecule is O=C(O)[C@@H]1C[C@H]1C(=O)Nc1nccs1. The molecule has 1 saturated carbocycles. The number of aromatic nitrogens is 1. The van der Waals surface area contributed by atoms with Gasteiger partial charge in [-0.25, -0.2) is 4.98 Å². The number of rotatable bonds is 3. The quantitative estimate of drug-likeness (QED) is 0.776. The Hall–Kier alpha value is -1.43. The smallest absolute Gasteiger partial charge is 0.307 e. The van der Waals surface area contributed by atoms with E-state index in [4.69, 9.17) is 5.11 Å². The van der Waals surface area contributed by atoms with Crippen LogP contribution in [0, 0.1) is 11.8 Å². The van der Waals surface area contributed by atoms with Gasteiger partial charge in [0, 0.05) is 11.6 Å². The number of carboxylic acids is 1. The zero-order valence-corrected chi connectivity index (χ0v) is 7.95. The van der Waals surface area contributed by atoms with E-state index in [-0.39, 0.29) is 11.8 Å². The van der Waals surface area contributed by atoms with Crippen molar-refractivity contribution in [1.29, 1.82) is 0 Å². The van der Waals surface area contributed by atoms with Crippen molar-refractivity contribution in [3.05, 3.63) is 11.6 Å². The summed E-state index contributed by atoms with van der Waals surface area (Å²) in [4.78, 5) is 25.7. The number of hydrogen-bond donors (Lipinski definition) is 2. The molecule has 1 aromatic rings. The zero-order chi connectivity index (χ0) is 10.1. The lowest BCUT2D eigenvalue weighted by Gasteiger charge is -1.98. The predicted octanol–water partition coefficient (Wildman–Crippen LogP) is 0.802. The van der Waals surface area contributed by atoms with E-state index in [2.05, 4.69) is 10.3 Å². The summed E-state index contributed by atoms with van der Waals surface area (Å²) >= 11 is 1.32. The highest BCUT2D eigenvalue weighted by Crippen LogP contribution is 2.39. The molecule has 1 aliphatic carbocycles. The van der Waals surface area contributed by atoms with Crippen molar-refractivity contribution in [3.63, 3.8) is 0 Å². The molecule has 0 spiro atoms. The largest absolute Gasteiger partial charge is 0.481 e. The Morgan fingerprint density at radius 1 is 1.57 bits per heavy atom. The maximum absolute atomic E-state index is 11.4. The highest BCUT2D eigenvalue weighted by molar-refractivity contribution is 7.13. The number of carbonyl (C=O) groups is 2. The Morgan fingerprint density at radius 2 is 2.36 bits per heavy atom. The number of nitrogens with one attached hydrogen (secondary N) is 1. The second-order valence-electron chi connectivity index (χ2n) is 3.11. The molecule has 0 aromatic carbocycles. The summed E-state index contributed by atoms with van der Waals surface area (Å²) in [6, 6.07) is 0. The highest BCUT2D eigenvalue weighted by Gasteiger charge is 2.48. The van der Waals surface area contributed by atoms with Crippen LogP contribution in [0.1, 0.15) is 6.42 Å². The first-order valence-electron chi connectivity index (χ1n) is 4.11. The molecule has 2 N–H and O–H groups in total. The molecule has 0 aliphatic heterocycles. The summed E-state index contributed by atoms with van der Waals surface area (Å²) in [6.07, 6.45) is 2.02. The molecule has 1 heterocycles. The van der Waals surface area contributed by atoms with Crippen LogP contribution < -0.4 is 5.32 Å². The van der Waals surface area contributed by atoms with E-state index in [9.17, 15) is 9.59 Å². The molecule has 6 heteroatoms. The molecule has 0 bridgehead atoms. The van der Waals surface area contributed by atoms with E-state index in [0.29, 0.717) is 11.6 Å². The van der Waals surface area contributed by atoms with Crippen LogP contribution in [0.3, 0.4) is 0 Å². The van der Waals surface area contributed by atoms with Gasteiger partial charge in [-0.1, -0.05) is 0 Å². The van der Waals surface area contributed by atoms with Gasteiger partial charge in [-0.3, -0.25) is 9.59 Å². The van der Waals surface area contributed by atoms with Crippen LogP contribution in [0.5, 0.6) is 0 Å². The van der Waals surface area contributed by atoms with E-state index in [0.717, 1.165) is 0 Å². The van der Waals surface area contributed by atoms with Crippen molar-refractivity contribution < 1.29 is 14.7 Å². The number of anilines is 1. The Bertz CT molecular complexity index is 363. The van der Waals surface area contributed by atoms with Crippen molar-refractivity contribution in [2.75, 3.05) is 5.32 Å². The fourth-order valence-electron chi connectivity index (χ4n) is 1.24. The molecular weight excluding hydrogens is 204 g/mol. The number of hydrogen-bond acceptors (Lipinski definition) is 4. The maximum Gasteiger partial charge on any atom is 0.307 e. The molecule has 1 amide bonds. The van der Waals surface area contributed by atoms with E-state index in [1.54, 1.807) is 11.6 Å². The lowest BCUT2D eigenvalue weighted by atomic mass is 10.3. The lowest BCUT2D eigenvalue weighted by molar-refractivity contribution is -0.139. The molecule has 5 nitrogen and oxygen atoms in total. The Kier molecular flexibility index (Phi) is 2.20. The number of nitrogens with zero attached hydrogens (tertiary/aromatic N) is 1. The summed E-state index contributed by atoms with van der Waals surface area (Å²) < 4.78 is 0. The van der Waals surface area contributed by atoms with Gasteiger partial charge < -0.3 is 10.4 Å². The summed E-state index contributed by atoms with van der Waals surface area (Å²) in [5, 5.41) is 13.4. The van der Waals surface area contributed by atoms with Gasteiger partial charge in [-0.15, -0.1) is 11.3 Å². The van der Waals surface area contributed by atoms with Gasteiger partial charge in [0.1, 0.15) is 0 Å². The number of carbonyl (C=O) groups excluding carboxylic acids is 1. The summed E-state index contributed by atoms with van der Waals surface area (Å²) in [6.45, 7) is 0. The van der Waals surface area contributed by atoms with Gasteiger partial charge in [0.15, 0.2) is 5.13 Å². The van der Waals surface area contributed by atoms with Crippen LogP contribution in [0.15, 0.2) is 11.6 Å². The second kappa shape index (κ2) is 3.38. The molecule has 2 rings (SSSR count). The van der Waals surface area contributed by atoms with Gasteiger partial charge in [0.05, 0.1) is 11.8 Å². The summed E-state index contributed by atoms with van der Waals surface area (Å²) in [5.41, 5.74) is 0. The van der Waals surface area contributed by atoms with Crippen molar-refractivity contribution in [1.82, 2.24) is 4.98 Å². The highest BCUT2D eigenvalue weighted by atomic mass is 32.1. The first-order chi connectivity index (χ1) is 6.68. The number of aliphatic carboxylic acids is 1. The van der Waals surface area contributed by atoms with Crippen molar-refractivity contribution in [2.24, 2.45) is 11.8 Å². The molecule has 1 aliphatic rings. The van der Waals surface area contributed by atoms with Crippen LogP contribution in [0.4, 0.5) is 5.13 Å². The molecule has 0 radical (unpaired) electrons. The molecule has 2 atom stereocenters. The topological polar surface area (TPSA) is 79.3 Å². The van der Waals surface area contributed by atoms with E-state index < -0.39 is 11.9 Å². The Morgan fingerprint density at radius 3 is 2.86 bits per heavy atom. The molecule has 74 valence electrons. The first-order valence-corrected chi connectivity index (χ1v) is 4.99. The van der Waals surface area contributed by atoms with Crippen molar-refractivity contribution in [3.8, 4) is 0 Å². The van der Waals surface area contributed by atoms with Crippen molar-refractivity contribution in [2.45, 2.75) is 6.42 Å². The minimum absolute atomic E-state index is 0.243. The number of thiazole rings is 1. The lowest BCUT2D eigenvalue weighted by Crippen LogP contribution is -2.16. The van der Waals surface area contributed by atoms with Gasteiger partial charge in [-0.2, -0.15) is 0 Å². The van der Waals surface area contributed by atoms with Crippen molar-refractivity contribution >= 4 is 28.3 Å². The zero-order valence-electron chi connectivity index (χ0n) is 7.14. The van der Waals surface area contributed by atoms with Crippen LogP contribution >= 0.6 is 11.3 Å². The molecule has 1 aromatic heterocycles. The Balaban J connectivity index is 1.90. The van der Waals surface area contributed by atoms with E-state index >= 15 is 0 Å². The van der Waals surface area contributed by atoms with Crippen LogP contribution in [0.25, 0.3) is 0 Å². The maximum atomic E-state index is 11.4. The predicted molar refractivity (Wildman–Crippen MR) is 50.0 cm³/mol. The normalized spacial score (nSPS) is 24.3. The third kappa shape index (κ3) is 1.74. The molecule has 0 unspecified atom stereocenters. The fourth-order valence-corrected chi connectivity index (χ4v) is 1.77. The summed E-state index contributed by atoms with van der Waals surface area (Å²) in [7, 11) is 0. The summed E-state index contributed by atoms with van der Waals surface area (Å²) in [5.74, 6) is -2.02. The number of amides is 1. The standard InChI is InChI=1S/C8H8N2O3S/c11-6(4-3-5(4)7(12)13)10-8-9-1-2-14-8/h1-2,4-5H,3H2,(H,12,13)(H,9,10,11)/t4-,5-/m1/s1. The Labute approximate surface area is 83.8 Å². The van der Waals surface area contributed by atoms with E-state index in [1.807, 2.05) is 0 Å². The van der Waals surface area contributed by atoms with Crippen LogP contribution in [-0.4, -0.2) is 22.0 Å². The van der Waals surface area contributed by atoms with Crippen LogP contribution in [-0.2, 0) is 9.59 Å². The van der Waals surface area contributed by atoms with Gasteiger partial charge >= 0.3 is 5.97 Å². The average Bonchev–Trinajstić information content (AvgIpc) is 2.80. The number of carboxylic acid groups (broad SMARTS) is 1. The fraction of sp³-hybridized carbons (Fsp3) is 0.375. The minimum Gasteiger partial charge on any atom is -0.481 e. The van der Waals surface area contributed by atoms with Crippen LogP contribution in [0.2, 0.25) is 0 Å². The van der Waals surface area contributed by atoms with Gasteiger partial charge in [0.2, 0.25) is 5.91 Å². The first kappa shape index (κ1) is 9.14. The minimum atomic E-state index is -0.899. The van der Waals surface area contributed by atoms with Gasteiger partial charge in [-0.05, 0) is 6.42 Å². The van der Waals surface area contributed by atoms with E-state index in [1.165, 1.54) is 11.3 Å². The third-order valence-corrected chi connectivity index (χ3v) is 2.80. The molecule has 1 fully saturated rings. The molecule has 14 heavy (non-hydrogen) atoms. The third-order valence-electron chi connectivity index (χ3n) is 2.11.